The van der Waals surface area contributed by atoms with Gasteiger partial charge in [0.2, 0.25) is 11.8 Å². The van der Waals surface area contributed by atoms with E-state index in [1.807, 2.05) is 36.1 Å². The summed E-state index contributed by atoms with van der Waals surface area (Å²) < 4.78 is 10.1. The van der Waals surface area contributed by atoms with E-state index in [4.69, 9.17) is 9.26 Å². The number of aryl methyl sites for hydroxylation is 1. The van der Waals surface area contributed by atoms with E-state index in [2.05, 4.69) is 10.5 Å². The van der Waals surface area contributed by atoms with Gasteiger partial charge in [-0.3, -0.25) is 9.59 Å². The predicted octanol–water partition coefficient (Wildman–Crippen LogP) is 3.35. The molecule has 1 saturated heterocycles. The van der Waals surface area contributed by atoms with Crippen LogP contribution in [0.25, 0.3) is 0 Å². The first-order chi connectivity index (χ1) is 13.5. The molecule has 2 aromatic rings. The highest BCUT2D eigenvalue weighted by atomic mass is 32.2. The molecule has 2 amide bonds. The van der Waals surface area contributed by atoms with Crippen LogP contribution in [0.3, 0.4) is 0 Å². The van der Waals surface area contributed by atoms with Gasteiger partial charge in [-0.2, -0.15) is 0 Å². The first-order valence-corrected chi connectivity index (χ1v) is 10.2. The van der Waals surface area contributed by atoms with E-state index in [1.54, 1.807) is 20.1 Å². The van der Waals surface area contributed by atoms with Crippen molar-refractivity contribution in [1.82, 2.24) is 10.1 Å². The van der Waals surface area contributed by atoms with Crippen molar-refractivity contribution in [2.75, 3.05) is 25.5 Å². The highest BCUT2D eigenvalue weighted by molar-refractivity contribution is 8.00. The number of nitrogens with zero attached hydrogens (tertiary/aromatic N) is 2. The highest BCUT2D eigenvalue weighted by Gasteiger charge is 2.30. The number of carbonyl (C=O) groups is 2. The molecule has 1 N–H and O–H groups in total. The van der Waals surface area contributed by atoms with Crippen molar-refractivity contribution < 1.29 is 18.8 Å². The summed E-state index contributed by atoms with van der Waals surface area (Å²) in [5.41, 5.74) is 0. The van der Waals surface area contributed by atoms with Gasteiger partial charge in [-0.25, -0.2) is 0 Å². The number of aromatic nitrogens is 1. The van der Waals surface area contributed by atoms with Crippen LogP contribution >= 0.6 is 11.8 Å². The van der Waals surface area contributed by atoms with Crippen LogP contribution in [-0.4, -0.2) is 47.3 Å². The molecule has 0 saturated carbocycles. The summed E-state index contributed by atoms with van der Waals surface area (Å²) in [7, 11) is 1.63. The third kappa shape index (κ3) is 5.07. The lowest BCUT2D eigenvalue weighted by molar-refractivity contribution is -0.133. The Morgan fingerprint density at radius 1 is 1.29 bits per heavy atom. The summed E-state index contributed by atoms with van der Waals surface area (Å²) in [4.78, 5) is 28.0. The van der Waals surface area contributed by atoms with Crippen LogP contribution in [-0.2, 0) is 9.59 Å². The van der Waals surface area contributed by atoms with E-state index in [0.29, 0.717) is 37.5 Å². The summed E-state index contributed by atoms with van der Waals surface area (Å²) in [6.07, 6.45) is 1.29. The van der Waals surface area contributed by atoms with Crippen LogP contribution in [0.5, 0.6) is 5.75 Å². The average molecular weight is 404 g/mol. The van der Waals surface area contributed by atoms with E-state index in [9.17, 15) is 9.59 Å². The summed E-state index contributed by atoms with van der Waals surface area (Å²) in [6.45, 7) is 4.87. The molecule has 28 heavy (non-hydrogen) atoms. The quantitative estimate of drug-likeness (QED) is 0.745. The van der Waals surface area contributed by atoms with Crippen molar-refractivity contribution in [2.24, 2.45) is 5.92 Å². The second kappa shape index (κ2) is 9.14. The number of carbonyl (C=O) groups excluding carboxylic acids is 2. The maximum Gasteiger partial charge on any atom is 0.235 e. The van der Waals surface area contributed by atoms with Crippen molar-refractivity contribution in [3.63, 3.8) is 0 Å². The van der Waals surface area contributed by atoms with E-state index in [1.165, 1.54) is 11.8 Å². The molecule has 7 nitrogen and oxygen atoms in total. The van der Waals surface area contributed by atoms with Gasteiger partial charge in [0.1, 0.15) is 11.5 Å². The number of methoxy groups -OCH3 is 1. The molecular formula is C20H25N3O4S. The number of ether oxygens (including phenoxy) is 1. The van der Waals surface area contributed by atoms with Crippen molar-refractivity contribution in [2.45, 2.75) is 36.8 Å². The summed E-state index contributed by atoms with van der Waals surface area (Å²) in [6, 6.07) is 9.37. The van der Waals surface area contributed by atoms with Crippen LogP contribution in [0.1, 0.15) is 25.5 Å². The van der Waals surface area contributed by atoms with Crippen molar-refractivity contribution >= 4 is 29.4 Å². The molecule has 0 bridgehead atoms. The third-order valence-electron chi connectivity index (χ3n) is 4.78. The van der Waals surface area contributed by atoms with E-state index in [-0.39, 0.29) is 23.0 Å². The number of nitrogens with one attached hydrogen (secondary N) is 1. The first-order valence-electron chi connectivity index (χ1n) is 9.30. The second-order valence-electron chi connectivity index (χ2n) is 6.85. The fraction of sp³-hybridized carbons (Fsp3) is 0.450. The number of likely N-dealkylation sites (tertiary alicyclic amines) is 1. The van der Waals surface area contributed by atoms with Crippen molar-refractivity contribution in [3.8, 4) is 5.75 Å². The van der Waals surface area contributed by atoms with Gasteiger partial charge in [0.25, 0.3) is 0 Å². The minimum Gasteiger partial charge on any atom is -0.497 e. The van der Waals surface area contributed by atoms with Gasteiger partial charge in [-0.15, -0.1) is 11.8 Å². The zero-order chi connectivity index (χ0) is 20.1. The van der Waals surface area contributed by atoms with Crippen LogP contribution in [0.2, 0.25) is 0 Å². The van der Waals surface area contributed by atoms with Crippen LogP contribution in [0.4, 0.5) is 5.82 Å². The molecule has 1 aromatic carbocycles. The van der Waals surface area contributed by atoms with E-state index < -0.39 is 0 Å². The van der Waals surface area contributed by atoms with Crippen LogP contribution in [0.15, 0.2) is 39.8 Å². The average Bonchev–Trinajstić information content (AvgIpc) is 3.12. The normalized spacial score (nSPS) is 15.9. The lowest BCUT2D eigenvalue weighted by atomic mass is 9.95. The Bertz CT molecular complexity index is 813. The topological polar surface area (TPSA) is 84.7 Å². The Morgan fingerprint density at radius 3 is 2.54 bits per heavy atom. The van der Waals surface area contributed by atoms with Gasteiger partial charge in [-0.05, 0) is 51.0 Å². The molecule has 3 rings (SSSR count). The smallest absolute Gasteiger partial charge is 0.235 e. The van der Waals surface area contributed by atoms with Gasteiger partial charge < -0.3 is 19.5 Å². The summed E-state index contributed by atoms with van der Waals surface area (Å²) >= 11 is 1.53. The zero-order valence-corrected chi connectivity index (χ0v) is 17.1. The number of amides is 2. The van der Waals surface area contributed by atoms with Gasteiger partial charge in [0.05, 0.1) is 12.4 Å². The number of benzene rings is 1. The molecule has 1 aromatic heterocycles. The number of anilines is 1. The number of hydrogen-bond donors (Lipinski definition) is 1. The van der Waals surface area contributed by atoms with Gasteiger partial charge in [0.15, 0.2) is 5.82 Å². The standard InChI is InChI=1S/C20H25N3O4S/c1-13-12-18(22-27-13)21-19(24)15-8-10-23(11-9-15)20(25)14(2)28-17-6-4-16(26-3)5-7-17/h4-7,12,14-15H,8-11H2,1-3H3,(H,21,22,24)/t14-/m1/s1. The Kier molecular flexibility index (Phi) is 6.61. The maximum absolute atomic E-state index is 12.8. The molecule has 1 aliphatic rings. The second-order valence-corrected chi connectivity index (χ2v) is 8.26. The fourth-order valence-corrected chi connectivity index (χ4v) is 4.13. The molecule has 1 atom stereocenters. The van der Waals surface area contributed by atoms with E-state index in [0.717, 1.165) is 10.6 Å². The molecule has 1 aliphatic heterocycles. The molecule has 1 fully saturated rings. The molecular weight excluding hydrogens is 378 g/mol. The van der Waals surface area contributed by atoms with Gasteiger partial charge >= 0.3 is 0 Å². The monoisotopic (exact) mass is 403 g/mol. The molecule has 0 aliphatic carbocycles. The largest absolute Gasteiger partial charge is 0.497 e. The van der Waals surface area contributed by atoms with Gasteiger partial charge in [-0.1, -0.05) is 5.16 Å². The molecule has 150 valence electrons. The van der Waals surface area contributed by atoms with Crippen LogP contribution in [0, 0.1) is 12.8 Å². The Morgan fingerprint density at radius 2 is 1.96 bits per heavy atom. The molecule has 0 spiro atoms. The Labute approximate surface area is 168 Å². The minimum atomic E-state index is -0.183. The lowest BCUT2D eigenvalue weighted by Gasteiger charge is -2.32. The molecule has 2 heterocycles. The van der Waals surface area contributed by atoms with Crippen molar-refractivity contribution in [1.29, 1.82) is 0 Å². The number of rotatable bonds is 6. The Balaban J connectivity index is 1.47. The van der Waals surface area contributed by atoms with Crippen LogP contribution < -0.4 is 10.1 Å². The number of hydrogen-bond acceptors (Lipinski definition) is 6. The molecule has 0 unspecified atom stereocenters. The summed E-state index contributed by atoms with van der Waals surface area (Å²) in [5, 5.41) is 6.38. The fourth-order valence-electron chi connectivity index (χ4n) is 3.18. The van der Waals surface area contributed by atoms with Crippen molar-refractivity contribution in [3.05, 3.63) is 36.1 Å². The number of piperidine rings is 1. The van der Waals surface area contributed by atoms with E-state index >= 15 is 0 Å². The zero-order valence-electron chi connectivity index (χ0n) is 16.3. The minimum absolute atomic E-state index is 0.0685. The molecule has 8 heteroatoms. The van der Waals surface area contributed by atoms with Gasteiger partial charge in [0, 0.05) is 30.0 Å². The number of thioether (sulfide) groups is 1. The first kappa shape index (κ1) is 20.3. The summed E-state index contributed by atoms with van der Waals surface area (Å²) in [5.74, 6) is 1.80. The molecule has 0 radical (unpaired) electrons. The highest BCUT2D eigenvalue weighted by Crippen LogP contribution is 2.28. The lowest BCUT2D eigenvalue weighted by Crippen LogP contribution is -2.44. The Hall–Kier alpha value is -2.48. The SMILES string of the molecule is COc1ccc(S[C@H](C)C(=O)N2CCC(C(=O)Nc3cc(C)on3)CC2)cc1. The maximum atomic E-state index is 12.8. The predicted molar refractivity (Wildman–Crippen MR) is 107 cm³/mol. The third-order valence-corrected chi connectivity index (χ3v) is 5.88.